The predicted molar refractivity (Wildman–Crippen MR) is 94.0 cm³/mol. The van der Waals surface area contributed by atoms with E-state index in [-0.39, 0.29) is 12.8 Å². The average Bonchev–Trinajstić information content (AvgIpc) is 3.18. The molecule has 0 amide bonds. The number of imidazole rings is 1. The summed E-state index contributed by atoms with van der Waals surface area (Å²) in [6.45, 7) is 3.02. The second kappa shape index (κ2) is 5.72. The number of hydrogen-bond donors (Lipinski definition) is 2. The fourth-order valence-corrected chi connectivity index (χ4v) is 2.92. The van der Waals surface area contributed by atoms with Gasteiger partial charge in [0.05, 0.1) is 11.0 Å². The first-order chi connectivity index (χ1) is 11.7. The highest BCUT2D eigenvalue weighted by molar-refractivity contribution is 5.84. The first-order valence-corrected chi connectivity index (χ1v) is 8.07. The van der Waals surface area contributed by atoms with Crippen LogP contribution < -0.4 is 20.9 Å². The number of rotatable bonds is 4. The molecule has 1 aliphatic rings. The molecule has 1 aliphatic heterocycles. The first-order valence-electron chi connectivity index (χ1n) is 8.07. The van der Waals surface area contributed by atoms with E-state index in [0.29, 0.717) is 6.54 Å². The van der Waals surface area contributed by atoms with Gasteiger partial charge in [-0.05, 0) is 30.7 Å². The van der Waals surface area contributed by atoms with Gasteiger partial charge in [0.25, 0.3) is 0 Å². The Bertz CT molecular complexity index is 886. The standard InChI is InChI=1S/C18H20N4O2/c1-2-12(19)9-22-15-8-17-16(23-10-24-17)7-14(15)21-18(22)11-3-5-13(20)6-4-11/h3-8,12H,2,9-10,19-20H2,1H3. The highest BCUT2D eigenvalue weighted by atomic mass is 16.7. The summed E-state index contributed by atoms with van der Waals surface area (Å²) in [5.41, 5.74) is 15.6. The molecule has 0 radical (unpaired) electrons. The number of ether oxygens (including phenoxy) is 2. The largest absolute Gasteiger partial charge is 0.454 e. The Labute approximate surface area is 140 Å². The lowest BCUT2D eigenvalue weighted by molar-refractivity contribution is 0.174. The zero-order chi connectivity index (χ0) is 16.7. The van der Waals surface area contributed by atoms with Crippen molar-refractivity contribution >= 4 is 16.7 Å². The fraction of sp³-hybridized carbons (Fsp3) is 0.278. The Balaban J connectivity index is 1.90. The van der Waals surface area contributed by atoms with E-state index in [0.717, 1.165) is 46.0 Å². The van der Waals surface area contributed by atoms with Crippen LogP contribution in [0.4, 0.5) is 5.69 Å². The summed E-state index contributed by atoms with van der Waals surface area (Å²) in [6.07, 6.45) is 0.894. The molecule has 2 heterocycles. The van der Waals surface area contributed by atoms with Gasteiger partial charge in [0.1, 0.15) is 5.82 Å². The minimum absolute atomic E-state index is 0.0559. The van der Waals surface area contributed by atoms with Crippen LogP contribution in [0.25, 0.3) is 22.4 Å². The third-order valence-electron chi connectivity index (χ3n) is 4.35. The lowest BCUT2D eigenvalue weighted by Gasteiger charge is -2.14. The number of hydrogen-bond acceptors (Lipinski definition) is 5. The lowest BCUT2D eigenvalue weighted by atomic mass is 10.2. The molecular weight excluding hydrogens is 304 g/mol. The minimum Gasteiger partial charge on any atom is -0.454 e. The van der Waals surface area contributed by atoms with Gasteiger partial charge < -0.3 is 25.5 Å². The van der Waals surface area contributed by atoms with E-state index in [4.69, 9.17) is 25.9 Å². The predicted octanol–water partition coefficient (Wildman–Crippen LogP) is 2.75. The Morgan fingerprint density at radius 3 is 2.58 bits per heavy atom. The van der Waals surface area contributed by atoms with Crippen molar-refractivity contribution in [1.29, 1.82) is 0 Å². The maximum absolute atomic E-state index is 6.21. The van der Waals surface area contributed by atoms with Crippen molar-refractivity contribution in [2.75, 3.05) is 12.5 Å². The number of benzene rings is 2. The molecule has 3 aromatic rings. The van der Waals surface area contributed by atoms with Crippen LogP contribution in [0.5, 0.6) is 11.5 Å². The van der Waals surface area contributed by atoms with Gasteiger partial charge in [-0.3, -0.25) is 0 Å². The number of nitrogen functional groups attached to an aromatic ring is 1. The van der Waals surface area contributed by atoms with Crippen molar-refractivity contribution in [3.8, 4) is 22.9 Å². The number of anilines is 1. The summed E-state index contributed by atoms with van der Waals surface area (Å²) in [6, 6.07) is 11.7. The molecule has 0 saturated heterocycles. The van der Waals surface area contributed by atoms with Crippen LogP contribution in [0.1, 0.15) is 13.3 Å². The lowest BCUT2D eigenvalue weighted by Crippen LogP contribution is -2.25. The van der Waals surface area contributed by atoms with E-state index in [1.54, 1.807) is 0 Å². The molecule has 124 valence electrons. The summed E-state index contributed by atoms with van der Waals surface area (Å²) in [5, 5.41) is 0. The second-order valence-corrected chi connectivity index (χ2v) is 6.03. The van der Waals surface area contributed by atoms with Crippen LogP contribution >= 0.6 is 0 Å². The van der Waals surface area contributed by atoms with Crippen molar-refractivity contribution in [3.63, 3.8) is 0 Å². The first kappa shape index (κ1) is 14.8. The molecule has 0 saturated carbocycles. The summed E-state index contributed by atoms with van der Waals surface area (Å²) in [5.74, 6) is 2.35. The van der Waals surface area contributed by atoms with Gasteiger partial charge in [0, 0.05) is 36.0 Å². The van der Waals surface area contributed by atoms with Crippen LogP contribution in [0.15, 0.2) is 36.4 Å². The SMILES string of the molecule is CCC(N)Cn1c(-c2ccc(N)cc2)nc2cc3c(cc21)OCO3. The van der Waals surface area contributed by atoms with Crippen LogP contribution in [0.3, 0.4) is 0 Å². The van der Waals surface area contributed by atoms with Crippen molar-refractivity contribution in [2.45, 2.75) is 25.9 Å². The highest BCUT2D eigenvalue weighted by Crippen LogP contribution is 2.37. The molecule has 2 aromatic carbocycles. The zero-order valence-corrected chi connectivity index (χ0v) is 13.5. The Kier molecular flexibility index (Phi) is 3.54. The second-order valence-electron chi connectivity index (χ2n) is 6.03. The molecular formula is C18H20N4O2. The topological polar surface area (TPSA) is 88.3 Å². The van der Waals surface area contributed by atoms with Gasteiger partial charge in [-0.1, -0.05) is 6.92 Å². The van der Waals surface area contributed by atoms with Crippen LogP contribution in [-0.2, 0) is 6.54 Å². The molecule has 4 N–H and O–H groups in total. The van der Waals surface area contributed by atoms with Crippen molar-refractivity contribution < 1.29 is 9.47 Å². The van der Waals surface area contributed by atoms with Crippen LogP contribution in [0, 0.1) is 0 Å². The molecule has 0 fully saturated rings. The number of fused-ring (bicyclic) bond motifs is 2. The van der Waals surface area contributed by atoms with Gasteiger partial charge in [-0.2, -0.15) is 0 Å². The van der Waals surface area contributed by atoms with Crippen LogP contribution in [-0.4, -0.2) is 22.4 Å². The third kappa shape index (κ3) is 2.45. The molecule has 0 spiro atoms. The third-order valence-corrected chi connectivity index (χ3v) is 4.35. The summed E-state index contributed by atoms with van der Waals surface area (Å²) in [7, 11) is 0. The summed E-state index contributed by atoms with van der Waals surface area (Å²) >= 11 is 0. The van der Waals surface area contributed by atoms with Gasteiger partial charge in [-0.25, -0.2) is 4.98 Å². The van der Waals surface area contributed by atoms with Crippen molar-refractivity contribution in [2.24, 2.45) is 5.73 Å². The molecule has 0 bridgehead atoms. The molecule has 1 unspecified atom stereocenters. The van der Waals surface area contributed by atoms with Gasteiger partial charge in [0.15, 0.2) is 11.5 Å². The average molecular weight is 324 g/mol. The molecule has 1 atom stereocenters. The van der Waals surface area contributed by atoms with Gasteiger partial charge in [-0.15, -0.1) is 0 Å². The Morgan fingerprint density at radius 2 is 1.88 bits per heavy atom. The number of nitrogens with zero attached hydrogens (tertiary/aromatic N) is 2. The Morgan fingerprint density at radius 1 is 1.17 bits per heavy atom. The molecule has 0 aliphatic carbocycles. The van der Waals surface area contributed by atoms with Crippen molar-refractivity contribution in [1.82, 2.24) is 9.55 Å². The maximum Gasteiger partial charge on any atom is 0.231 e. The quantitative estimate of drug-likeness (QED) is 0.720. The highest BCUT2D eigenvalue weighted by Gasteiger charge is 2.20. The molecule has 4 rings (SSSR count). The number of aromatic nitrogens is 2. The summed E-state index contributed by atoms with van der Waals surface area (Å²) in [4.78, 5) is 4.81. The van der Waals surface area contributed by atoms with E-state index in [1.165, 1.54) is 0 Å². The van der Waals surface area contributed by atoms with Gasteiger partial charge >= 0.3 is 0 Å². The Hall–Kier alpha value is -2.73. The molecule has 6 nitrogen and oxygen atoms in total. The smallest absolute Gasteiger partial charge is 0.231 e. The molecule has 24 heavy (non-hydrogen) atoms. The van der Waals surface area contributed by atoms with Crippen molar-refractivity contribution in [3.05, 3.63) is 36.4 Å². The summed E-state index contributed by atoms with van der Waals surface area (Å²) < 4.78 is 13.1. The zero-order valence-electron chi connectivity index (χ0n) is 13.5. The van der Waals surface area contributed by atoms with E-state index < -0.39 is 0 Å². The molecule has 1 aromatic heterocycles. The minimum atomic E-state index is 0.0559. The van der Waals surface area contributed by atoms with E-state index in [2.05, 4.69) is 11.5 Å². The van der Waals surface area contributed by atoms with E-state index >= 15 is 0 Å². The fourth-order valence-electron chi connectivity index (χ4n) is 2.92. The molecule has 6 heteroatoms. The van der Waals surface area contributed by atoms with Gasteiger partial charge in [0.2, 0.25) is 6.79 Å². The normalized spacial score (nSPS) is 14.2. The number of nitrogens with two attached hydrogens (primary N) is 2. The van der Waals surface area contributed by atoms with E-state index in [9.17, 15) is 0 Å². The maximum atomic E-state index is 6.21. The van der Waals surface area contributed by atoms with E-state index in [1.807, 2.05) is 36.4 Å². The van der Waals surface area contributed by atoms with Crippen LogP contribution in [0.2, 0.25) is 0 Å². The monoisotopic (exact) mass is 324 g/mol.